The van der Waals surface area contributed by atoms with E-state index in [0.29, 0.717) is 25.0 Å². The molecule has 2 aromatic carbocycles. The van der Waals surface area contributed by atoms with E-state index in [1.165, 1.54) is 24.3 Å². The van der Waals surface area contributed by atoms with Crippen molar-refractivity contribution in [3.63, 3.8) is 0 Å². The average Bonchev–Trinajstić information content (AvgIpc) is 2.72. The number of nitrogens with two attached hydrogens (primary N) is 2. The Morgan fingerprint density at radius 1 is 1.00 bits per heavy atom. The maximum Gasteiger partial charge on any atom is 0.119 e. The third-order valence-corrected chi connectivity index (χ3v) is 5.11. The topological polar surface area (TPSA) is 73.7 Å². The van der Waals surface area contributed by atoms with Crippen molar-refractivity contribution >= 4 is 5.70 Å². The number of rotatable bonds is 8. The van der Waals surface area contributed by atoms with E-state index in [1.807, 2.05) is 54.6 Å². The first-order chi connectivity index (χ1) is 13.6. The van der Waals surface area contributed by atoms with E-state index in [-0.39, 0.29) is 0 Å². The minimum Gasteiger partial charge on any atom is -0.490 e. The second kappa shape index (κ2) is 10.2. The summed E-state index contributed by atoms with van der Waals surface area (Å²) < 4.78 is 11.9. The standard InChI is InChI=1S/C23H31N3O2/c1-26(25)22(17-27-16-18-8-4-2-5-9-18)23(24)19-12-14-21(15-13-19)28-20-10-6-3-7-11-20/h2,4-5,8-9,12-15,20H,3,6-7,10-11,16-17,24-25H2,1H3/b23-22-. The van der Waals surface area contributed by atoms with Gasteiger partial charge in [-0.2, -0.15) is 0 Å². The molecule has 5 nitrogen and oxygen atoms in total. The van der Waals surface area contributed by atoms with Gasteiger partial charge in [0.2, 0.25) is 0 Å². The Balaban J connectivity index is 1.63. The van der Waals surface area contributed by atoms with Gasteiger partial charge in [0, 0.05) is 7.05 Å². The Kier molecular flexibility index (Phi) is 7.34. The number of benzene rings is 2. The first kappa shape index (κ1) is 20.2. The SMILES string of the molecule is CN(N)/C(COCc1ccccc1)=C(\N)c1ccc(OC2CCCCC2)cc1. The van der Waals surface area contributed by atoms with Gasteiger partial charge in [-0.25, -0.2) is 5.84 Å². The molecule has 0 spiro atoms. The second-order valence-electron chi connectivity index (χ2n) is 7.35. The highest BCUT2D eigenvalue weighted by Crippen LogP contribution is 2.25. The Morgan fingerprint density at radius 3 is 2.32 bits per heavy atom. The molecule has 4 N–H and O–H groups in total. The van der Waals surface area contributed by atoms with Crippen molar-refractivity contribution in [1.82, 2.24) is 5.01 Å². The van der Waals surface area contributed by atoms with E-state index < -0.39 is 0 Å². The van der Waals surface area contributed by atoms with Crippen LogP contribution in [0.3, 0.4) is 0 Å². The summed E-state index contributed by atoms with van der Waals surface area (Å²) in [5.41, 5.74) is 9.78. The Hall–Kier alpha value is -2.50. The lowest BCUT2D eigenvalue weighted by atomic mass is 9.98. The van der Waals surface area contributed by atoms with E-state index in [1.54, 1.807) is 7.05 Å². The Morgan fingerprint density at radius 2 is 1.68 bits per heavy atom. The summed E-state index contributed by atoms with van der Waals surface area (Å²) in [5, 5.41) is 1.52. The number of hydrogen-bond donors (Lipinski definition) is 2. The van der Waals surface area contributed by atoms with Crippen LogP contribution in [0.5, 0.6) is 5.75 Å². The lowest BCUT2D eigenvalue weighted by Gasteiger charge is -2.23. The minimum absolute atomic E-state index is 0.338. The zero-order valence-electron chi connectivity index (χ0n) is 16.6. The molecule has 5 heteroatoms. The normalized spacial score (nSPS) is 15.8. The fourth-order valence-electron chi connectivity index (χ4n) is 3.46. The van der Waals surface area contributed by atoms with Crippen LogP contribution in [0.4, 0.5) is 0 Å². The molecule has 0 unspecified atom stereocenters. The molecule has 150 valence electrons. The summed E-state index contributed by atoms with van der Waals surface area (Å²) in [4.78, 5) is 0. The van der Waals surface area contributed by atoms with Crippen LogP contribution in [0, 0.1) is 0 Å². The summed E-state index contributed by atoms with van der Waals surface area (Å²) in [5.74, 6) is 6.89. The van der Waals surface area contributed by atoms with Crippen LogP contribution < -0.4 is 16.3 Å². The number of nitrogens with zero attached hydrogens (tertiary/aromatic N) is 1. The molecule has 0 amide bonds. The van der Waals surface area contributed by atoms with Gasteiger partial charge in [0.05, 0.1) is 30.7 Å². The molecule has 0 radical (unpaired) electrons. The molecule has 1 fully saturated rings. The van der Waals surface area contributed by atoms with Crippen LogP contribution in [-0.4, -0.2) is 24.8 Å². The first-order valence-corrected chi connectivity index (χ1v) is 9.99. The molecular weight excluding hydrogens is 350 g/mol. The Bertz CT molecular complexity index is 751. The van der Waals surface area contributed by atoms with Gasteiger partial charge in [0.25, 0.3) is 0 Å². The number of hydrazine groups is 1. The lowest BCUT2D eigenvalue weighted by molar-refractivity contribution is 0.126. The molecule has 0 aliphatic heterocycles. The third kappa shape index (κ3) is 5.75. The van der Waals surface area contributed by atoms with Gasteiger partial charge >= 0.3 is 0 Å². The molecule has 0 atom stereocenters. The fourth-order valence-corrected chi connectivity index (χ4v) is 3.46. The molecule has 2 aromatic rings. The fraction of sp³-hybridized carbons (Fsp3) is 0.391. The van der Waals surface area contributed by atoms with Crippen LogP contribution in [0.15, 0.2) is 60.3 Å². The highest BCUT2D eigenvalue weighted by Gasteiger charge is 2.15. The van der Waals surface area contributed by atoms with Crippen molar-refractivity contribution in [2.75, 3.05) is 13.7 Å². The summed E-state index contributed by atoms with van der Waals surface area (Å²) in [6.07, 6.45) is 6.46. The summed E-state index contributed by atoms with van der Waals surface area (Å²) >= 11 is 0. The number of hydrogen-bond acceptors (Lipinski definition) is 5. The number of likely N-dealkylation sites (N-methyl/N-ethyl adjacent to an activating group) is 1. The van der Waals surface area contributed by atoms with E-state index in [0.717, 1.165) is 35.4 Å². The van der Waals surface area contributed by atoms with Gasteiger partial charge in [-0.1, -0.05) is 36.8 Å². The highest BCUT2D eigenvalue weighted by atomic mass is 16.5. The molecular formula is C23H31N3O2. The zero-order valence-corrected chi connectivity index (χ0v) is 16.6. The van der Waals surface area contributed by atoms with E-state index >= 15 is 0 Å². The molecule has 0 heterocycles. The van der Waals surface area contributed by atoms with Gasteiger partial charge in [-0.05, 0) is 61.1 Å². The van der Waals surface area contributed by atoms with E-state index in [4.69, 9.17) is 21.1 Å². The lowest BCUT2D eigenvalue weighted by Crippen LogP contribution is -2.30. The maximum absolute atomic E-state index is 6.39. The summed E-state index contributed by atoms with van der Waals surface area (Å²) in [6.45, 7) is 0.855. The second-order valence-corrected chi connectivity index (χ2v) is 7.35. The van der Waals surface area contributed by atoms with Gasteiger partial charge in [0.1, 0.15) is 5.75 Å². The molecule has 28 heavy (non-hydrogen) atoms. The van der Waals surface area contributed by atoms with Gasteiger partial charge in [-0.15, -0.1) is 0 Å². The van der Waals surface area contributed by atoms with Crippen LogP contribution in [-0.2, 0) is 11.3 Å². The monoisotopic (exact) mass is 381 g/mol. The summed E-state index contributed by atoms with van der Waals surface area (Å²) in [6, 6.07) is 18.0. The van der Waals surface area contributed by atoms with Gasteiger partial charge in [0.15, 0.2) is 0 Å². The van der Waals surface area contributed by atoms with E-state index in [9.17, 15) is 0 Å². The minimum atomic E-state index is 0.338. The van der Waals surface area contributed by atoms with Crippen molar-refractivity contribution in [2.24, 2.45) is 11.6 Å². The predicted molar refractivity (Wildman–Crippen MR) is 113 cm³/mol. The van der Waals surface area contributed by atoms with Crippen molar-refractivity contribution in [2.45, 2.75) is 44.8 Å². The molecule has 0 aromatic heterocycles. The van der Waals surface area contributed by atoms with Gasteiger partial charge < -0.3 is 20.2 Å². The summed E-state index contributed by atoms with van der Waals surface area (Å²) in [7, 11) is 1.77. The van der Waals surface area contributed by atoms with Crippen LogP contribution >= 0.6 is 0 Å². The smallest absolute Gasteiger partial charge is 0.119 e. The average molecular weight is 382 g/mol. The largest absolute Gasteiger partial charge is 0.490 e. The molecule has 1 saturated carbocycles. The van der Waals surface area contributed by atoms with Crippen LogP contribution in [0.25, 0.3) is 5.70 Å². The molecule has 0 saturated heterocycles. The first-order valence-electron chi connectivity index (χ1n) is 9.99. The number of ether oxygens (including phenoxy) is 2. The van der Waals surface area contributed by atoms with Crippen molar-refractivity contribution < 1.29 is 9.47 Å². The molecule has 1 aliphatic rings. The highest BCUT2D eigenvalue weighted by molar-refractivity contribution is 5.66. The molecule has 0 bridgehead atoms. The van der Waals surface area contributed by atoms with Crippen LogP contribution in [0.2, 0.25) is 0 Å². The zero-order chi connectivity index (χ0) is 19.8. The van der Waals surface area contributed by atoms with Crippen molar-refractivity contribution in [1.29, 1.82) is 0 Å². The van der Waals surface area contributed by atoms with Crippen molar-refractivity contribution in [3.8, 4) is 5.75 Å². The predicted octanol–water partition coefficient (Wildman–Crippen LogP) is 4.05. The molecule has 3 rings (SSSR count). The van der Waals surface area contributed by atoms with Crippen LogP contribution in [0.1, 0.15) is 43.2 Å². The molecule has 1 aliphatic carbocycles. The van der Waals surface area contributed by atoms with E-state index in [2.05, 4.69) is 0 Å². The third-order valence-electron chi connectivity index (χ3n) is 5.11. The quantitative estimate of drug-likeness (QED) is 0.533. The maximum atomic E-state index is 6.39. The van der Waals surface area contributed by atoms with Crippen molar-refractivity contribution in [3.05, 3.63) is 71.4 Å². The Labute approximate surface area is 167 Å². The van der Waals surface area contributed by atoms with Gasteiger partial charge in [-0.3, -0.25) is 0 Å².